The summed E-state index contributed by atoms with van der Waals surface area (Å²) in [5.74, 6) is 0.227. The van der Waals surface area contributed by atoms with Crippen molar-refractivity contribution in [1.29, 1.82) is 0 Å². The van der Waals surface area contributed by atoms with Gasteiger partial charge in [-0.3, -0.25) is 4.79 Å². The molecule has 104 valence electrons. The summed E-state index contributed by atoms with van der Waals surface area (Å²) in [6.45, 7) is 2.53. The van der Waals surface area contributed by atoms with Gasteiger partial charge in [-0.25, -0.2) is 4.39 Å². The van der Waals surface area contributed by atoms with Crippen molar-refractivity contribution in [2.75, 3.05) is 11.9 Å². The number of rotatable bonds is 5. The Morgan fingerprint density at radius 3 is 2.60 bits per heavy atom. The molecule has 0 unspecified atom stereocenters. The number of amides is 1. The van der Waals surface area contributed by atoms with E-state index in [4.69, 9.17) is 4.74 Å². The van der Waals surface area contributed by atoms with E-state index in [2.05, 4.69) is 5.32 Å². The van der Waals surface area contributed by atoms with Crippen LogP contribution in [0.15, 0.2) is 48.5 Å². The van der Waals surface area contributed by atoms with Crippen LogP contribution in [0.2, 0.25) is 0 Å². The van der Waals surface area contributed by atoms with Crippen LogP contribution in [0.25, 0.3) is 0 Å². The Morgan fingerprint density at radius 1 is 1.20 bits per heavy atom. The Kier molecular flexibility index (Phi) is 4.71. The number of benzene rings is 2. The Labute approximate surface area is 117 Å². The van der Waals surface area contributed by atoms with Crippen LogP contribution >= 0.6 is 0 Å². The first kappa shape index (κ1) is 14.1. The van der Waals surface area contributed by atoms with E-state index >= 15 is 0 Å². The number of ether oxygens (including phenoxy) is 1. The molecule has 2 rings (SSSR count). The lowest BCUT2D eigenvalue weighted by Gasteiger charge is -2.07. The average Bonchev–Trinajstić information content (AvgIpc) is 2.41. The fraction of sp³-hybridized carbons (Fsp3) is 0.188. The summed E-state index contributed by atoms with van der Waals surface area (Å²) in [5.41, 5.74) is 1.34. The Bertz CT molecular complexity index is 581. The van der Waals surface area contributed by atoms with Gasteiger partial charge in [-0.1, -0.05) is 18.2 Å². The molecule has 0 heterocycles. The van der Waals surface area contributed by atoms with Gasteiger partial charge in [0.15, 0.2) is 0 Å². The minimum Gasteiger partial charge on any atom is -0.494 e. The number of nitrogens with one attached hydrogen (secondary N) is 1. The van der Waals surface area contributed by atoms with Crippen LogP contribution in [0.4, 0.5) is 10.1 Å². The monoisotopic (exact) mass is 273 g/mol. The predicted octanol–water partition coefficient (Wildman–Crippen LogP) is 3.41. The zero-order valence-corrected chi connectivity index (χ0v) is 11.2. The van der Waals surface area contributed by atoms with Crippen molar-refractivity contribution in [3.8, 4) is 5.75 Å². The van der Waals surface area contributed by atoms with Crippen LogP contribution < -0.4 is 10.1 Å². The van der Waals surface area contributed by atoms with Crippen molar-refractivity contribution >= 4 is 11.6 Å². The molecule has 2 aromatic rings. The van der Waals surface area contributed by atoms with Gasteiger partial charge < -0.3 is 10.1 Å². The molecule has 0 saturated heterocycles. The third-order valence-electron chi connectivity index (χ3n) is 2.71. The van der Waals surface area contributed by atoms with E-state index in [0.717, 1.165) is 11.3 Å². The highest BCUT2D eigenvalue weighted by Gasteiger charge is 2.05. The molecule has 0 aliphatic carbocycles. The quantitative estimate of drug-likeness (QED) is 0.906. The first-order chi connectivity index (χ1) is 9.67. The Morgan fingerprint density at radius 2 is 1.95 bits per heavy atom. The largest absolute Gasteiger partial charge is 0.494 e. The molecule has 20 heavy (non-hydrogen) atoms. The molecule has 0 aromatic heterocycles. The van der Waals surface area contributed by atoms with Gasteiger partial charge >= 0.3 is 0 Å². The third kappa shape index (κ3) is 4.09. The van der Waals surface area contributed by atoms with Crippen molar-refractivity contribution in [2.24, 2.45) is 0 Å². The lowest BCUT2D eigenvalue weighted by Crippen LogP contribution is -2.14. The van der Waals surface area contributed by atoms with Crippen molar-refractivity contribution in [3.63, 3.8) is 0 Å². The highest BCUT2D eigenvalue weighted by molar-refractivity contribution is 5.92. The van der Waals surface area contributed by atoms with Gasteiger partial charge in [0.05, 0.1) is 13.0 Å². The number of hydrogen-bond donors (Lipinski definition) is 1. The molecular formula is C16H16FNO2. The minimum atomic E-state index is -0.371. The molecule has 0 radical (unpaired) electrons. The number of hydrogen-bond acceptors (Lipinski definition) is 2. The van der Waals surface area contributed by atoms with Gasteiger partial charge in [-0.05, 0) is 42.8 Å². The predicted molar refractivity (Wildman–Crippen MR) is 76.3 cm³/mol. The summed E-state index contributed by atoms with van der Waals surface area (Å²) in [5, 5.41) is 2.66. The van der Waals surface area contributed by atoms with Crippen LogP contribution in [0.1, 0.15) is 12.5 Å². The molecule has 3 nitrogen and oxygen atoms in total. The van der Waals surface area contributed by atoms with E-state index in [1.165, 1.54) is 12.1 Å². The normalized spacial score (nSPS) is 10.1. The standard InChI is InChI=1S/C16H16FNO2/c1-2-20-15-8-6-12(7-9-15)10-16(19)18-14-5-3-4-13(17)11-14/h3-9,11H,2,10H2,1H3,(H,18,19). The molecule has 0 atom stereocenters. The zero-order valence-electron chi connectivity index (χ0n) is 11.2. The van der Waals surface area contributed by atoms with Gasteiger partial charge in [0, 0.05) is 5.69 Å². The van der Waals surface area contributed by atoms with Gasteiger partial charge in [0.1, 0.15) is 11.6 Å². The zero-order chi connectivity index (χ0) is 14.4. The lowest BCUT2D eigenvalue weighted by molar-refractivity contribution is -0.115. The molecular weight excluding hydrogens is 257 g/mol. The van der Waals surface area contributed by atoms with E-state index in [9.17, 15) is 9.18 Å². The molecule has 4 heteroatoms. The summed E-state index contributed by atoms with van der Waals surface area (Å²) in [6, 6.07) is 13.2. The number of halogens is 1. The third-order valence-corrected chi connectivity index (χ3v) is 2.71. The maximum atomic E-state index is 13.0. The summed E-state index contributed by atoms with van der Waals surface area (Å²) in [4.78, 5) is 11.8. The second kappa shape index (κ2) is 6.70. The van der Waals surface area contributed by atoms with Crippen LogP contribution in [0.3, 0.4) is 0 Å². The highest BCUT2D eigenvalue weighted by Crippen LogP contribution is 2.14. The van der Waals surface area contributed by atoms with Crippen LogP contribution in [0.5, 0.6) is 5.75 Å². The summed E-state index contributed by atoms with van der Waals surface area (Å²) < 4.78 is 18.3. The Hall–Kier alpha value is -2.36. The van der Waals surface area contributed by atoms with E-state index in [1.807, 2.05) is 31.2 Å². The van der Waals surface area contributed by atoms with Crippen molar-refractivity contribution in [2.45, 2.75) is 13.3 Å². The average molecular weight is 273 g/mol. The van der Waals surface area contributed by atoms with Crippen LogP contribution in [-0.4, -0.2) is 12.5 Å². The SMILES string of the molecule is CCOc1ccc(CC(=O)Nc2cccc(F)c2)cc1. The van der Waals surface area contributed by atoms with Crippen molar-refractivity contribution in [1.82, 2.24) is 0 Å². The van der Waals surface area contributed by atoms with Crippen LogP contribution in [0, 0.1) is 5.82 Å². The number of anilines is 1. The van der Waals surface area contributed by atoms with Crippen molar-refractivity contribution in [3.05, 3.63) is 59.9 Å². The molecule has 0 fully saturated rings. The second-order valence-electron chi connectivity index (χ2n) is 4.31. The fourth-order valence-electron chi connectivity index (χ4n) is 1.83. The topological polar surface area (TPSA) is 38.3 Å². The molecule has 0 aliphatic rings. The number of carbonyl (C=O) groups is 1. The van der Waals surface area contributed by atoms with Gasteiger partial charge in [-0.15, -0.1) is 0 Å². The van der Waals surface area contributed by atoms with Gasteiger partial charge in [0.25, 0.3) is 0 Å². The highest BCUT2D eigenvalue weighted by atomic mass is 19.1. The fourth-order valence-corrected chi connectivity index (χ4v) is 1.83. The van der Waals surface area contributed by atoms with E-state index in [1.54, 1.807) is 12.1 Å². The molecule has 1 N–H and O–H groups in total. The summed E-state index contributed by atoms with van der Waals surface area (Å²) in [6.07, 6.45) is 0.239. The smallest absolute Gasteiger partial charge is 0.228 e. The Balaban J connectivity index is 1.94. The first-order valence-electron chi connectivity index (χ1n) is 6.44. The molecule has 0 saturated carbocycles. The van der Waals surface area contributed by atoms with Crippen LogP contribution in [-0.2, 0) is 11.2 Å². The molecule has 2 aromatic carbocycles. The lowest BCUT2D eigenvalue weighted by atomic mass is 10.1. The summed E-state index contributed by atoms with van der Waals surface area (Å²) >= 11 is 0. The first-order valence-corrected chi connectivity index (χ1v) is 6.44. The maximum absolute atomic E-state index is 13.0. The molecule has 0 spiro atoms. The van der Waals surface area contributed by atoms with E-state index in [-0.39, 0.29) is 18.1 Å². The second-order valence-corrected chi connectivity index (χ2v) is 4.31. The number of carbonyl (C=O) groups excluding carboxylic acids is 1. The molecule has 0 aliphatic heterocycles. The maximum Gasteiger partial charge on any atom is 0.228 e. The summed E-state index contributed by atoms with van der Waals surface area (Å²) in [7, 11) is 0. The van der Waals surface area contributed by atoms with Crippen molar-refractivity contribution < 1.29 is 13.9 Å². The van der Waals surface area contributed by atoms with E-state index in [0.29, 0.717) is 12.3 Å². The minimum absolute atomic E-state index is 0.181. The van der Waals surface area contributed by atoms with E-state index < -0.39 is 0 Å². The molecule has 0 bridgehead atoms. The molecule has 1 amide bonds. The van der Waals surface area contributed by atoms with Gasteiger partial charge in [-0.2, -0.15) is 0 Å². The van der Waals surface area contributed by atoms with Gasteiger partial charge in [0.2, 0.25) is 5.91 Å².